The van der Waals surface area contributed by atoms with Crippen molar-refractivity contribution in [1.82, 2.24) is 9.55 Å². The smallest absolute Gasteiger partial charge is 0.266 e. The van der Waals surface area contributed by atoms with Gasteiger partial charge in [0.15, 0.2) is 5.16 Å². The van der Waals surface area contributed by atoms with Crippen molar-refractivity contribution in [3.63, 3.8) is 0 Å². The van der Waals surface area contributed by atoms with E-state index in [1.54, 1.807) is 10.6 Å². The molecule has 1 aliphatic heterocycles. The molecule has 2 heterocycles. The van der Waals surface area contributed by atoms with Crippen LogP contribution in [0.15, 0.2) is 82.7 Å². The number of carbonyl (C=O) groups excluding carboxylic acids is 1. The summed E-state index contributed by atoms with van der Waals surface area (Å²) in [5.41, 5.74) is 4.53. The molecule has 0 aliphatic carbocycles. The topological polar surface area (TPSA) is 55.2 Å². The maximum absolute atomic E-state index is 13.4. The summed E-state index contributed by atoms with van der Waals surface area (Å²) in [6.45, 7) is 4.57. The molecule has 0 saturated heterocycles. The number of hydrogen-bond donors (Lipinski definition) is 0. The molecule has 5 rings (SSSR count). The van der Waals surface area contributed by atoms with Crippen LogP contribution in [-0.2, 0) is 11.2 Å². The summed E-state index contributed by atoms with van der Waals surface area (Å²) in [5.74, 6) is 0.0258. The van der Waals surface area contributed by atoms with Crippen molar-refractivity contribution in [2.45, 2.75) is 30.7 Å². The highest BCUT2D eigenvalue weighted by molar-refractivity contribution is 8.00. The van der Waals surface area contributed by atoms with Gasteiger partial charge in [-0.15, -0.1) is 0 Å². The van der Waals surface area contributed by atoms with Gasteiger partial charge in [-0.05, 0) is 56.2 Å². The number of para-hydroxylation sites is 2. The summed E-state index contributed by atoms with van der Waals surface area (Å²) >= 11 is 1.33. The fourth-order valence-corrected chi connectivity index (χ4v) is 5.10. The average molecular weight is 442 g/mol. The fourth-order valence-electron chi connectivity index (χ4n) is 4.11. The second-order valence-electron chi connectivity index (χ2n) is 8.02. The Morgan fingerprint density at radius 3 is 2.53 bits per heavy atom. The lowest BCUT2D eigenvalue weighted by molar-refractivity contribution is -0.117. The Morgan fingerprint density at radius 2 is 1.72 bits per heavy atom. The van der Waals surface area contributed by atoms with Crippen LogP contribution in [0.1, 0.15) is 18.1 Å². The molecular weight excluding hydrogens is 418 g/mol. The van der Waals surface area contributed by atoms with Gasteiger partial charge in [0, 0.05) is 12.2 Å². The SMILES string of the molecule is Cc1ccc(-n2c(S[C@@H](C)C(=O)N3CCc4ccccc43)nc3ccccc3c2=O)cc1. The number of amides is 1. The third-order valence-electron chi connectivity index (χ3n) is 5.82. The number of aromatic nitrogens is 2. The van der Waals surface area contributed by atoms with E-state index in [9.17, 15) is 9.59 Å². The van der Waals surface area contributed by atoms with Gasteiger partial charge < -0.3 is 4.90 Å². The van der Waals surface area contributed by atoms with E-state index < -0.39 is 5.25 Å². The van der Waals surface area contributed by atoms with Crippen LogP contribution in [0.4, 0.5) is 5.69 Å². The van der Waals surface area contributed by atoms with Crippen LogP contribution in [0.25, 0.3) is 16.6 Å². The summed E-state index contributed by atoms with van der Waals surface area (Å²) < 4.78 is 1.62. The zero-order valence-corrected chi connectivity index (χ0v) is 18.8. The molecule has 1 atom stereocenters. The summed E-state index contributed by atoms with van der Waals surface area (Å²) in [5, 5.41) is 0.682. The quantitative estimate of drug-likeness (QED) is 0.338. The van der Waals surface area contributed by atoms with E-state index in [2.05, 4.69) is 6.07 Å². The number of hydrogen-bond acceptors (Lipinski definition) is 4. The second kappa shape index (κ2) is 8.28. The second-order valence-corrected chi connectivity index (χ2v) is 9.32. The molecule has 0 saturated carbocycles. The first-order valence-corrected chi connectivity index (χ1v) is 11.6. The van der Waals surface area contributed by atoms with Crippen LogP contribution in [-0.4, -0.2) is 27.3 Å². The fraction of sp³-hybridized carbons (Fsp3) is 0.192. The molecule has 0 fully saturated rings. The molecule has 1 amide bonds. The Bertz CT molecular complexity index is 1380. The third kappa shape index (κ3) is 3.60. The van der Waals surface area contributed by atoms with Gasteiger partial charge in [-0.1, -0.05) is 59.8 Å². The number of thioether (sulfide) groups is 1. The third-order valence-corrected chi connectivity index (χ3v) is 6.86. The van der Waals surface area contributed by atoms with Crippen molar-refractivity contribution in [1.29, 1.82) is 0 Å². The number of aryl methyl sites for hydroxylation is 1. The van der Waals surface area contributed by atoms with Crippen molar-refractivity contribution in [2.75, 3.05) is 11.4 Å². The van der Waals surface area contributed by atoms with E-state index in [1.165, 1.54) is 17.3 Å². The predicted octanol–water partition coefficient (Wildman–Crippen LogP) is 4.76. The molecule has 0 bridgehead atoms. The largest absolute Gasteiger partial charge is 0.311 e. The van der Waals surface area contributed by atoms with Crippen LogP contribution < -0.4 is 10.5 Å². The molecule has 1 aromatic heterocycles. The molecule has 0 radical (unpaired) electrons. The highest BCUT2D eigenvalue weighted by Crippen LogP contribution is 2.32. The van der Waals surface area contributed by atoms with Crippen LogP contribution >= 0.6 is 11.8 Å². The maximum atomic E-state index is 13.4. The van der Waals surface area contributed by atoms with E-state index in [0.717, 1.165) is 23.4 Å². The number of rotatable bonds is 4. The molecule has 1 aliphatic rings. The molecule has 0 unspecified atom stereocenters. The minimum atomic E-state index is -0.397. The first kappa shape index (κ1) is 20.5. The normalized spacial score (nSPS) is 13.9. The molecule has 6 heteroatoms. The van der Waals surface area contributed by atoms with Crippen LogP contribution in [0, 0.1) is 6.92 Å². The Balaban J connectivity index is 1.55. The van der Waals surface area contributed by atoms with Gasteiger partial charge >= 0.3 is 0 Å². The molecule has 3 aromatic carbocycles. The van der Waals surface area contributed by atoms with E-state index in [-0.39, 0.29) is 11.5 Å². The van der Waals surface area contributed by atoms with Crippen molar-refractivity contribution >= 4 is 34.3 Å². The lowest BCUT2D eigenvalue weighted by atomic mass is 10.2. The predicted molar refractivity (Wildman–Crippen MR) is 130 cm³/mol. The minimum Gasteiger partial charge on any atom is -0.311 e. The van der Waals surface area contributed by atoms with Crippen molar-refractivity contribution in [3.8, 4) is 5.69 Å². The monoisotopic (exact) mass is 441 g/mol. The summed E-state index contributed by atoms with van der Waals surface area (Å²) in [6, 6.07) is 23.1. The van der Waals surface area contributed by atoms with Crippen molar-refractivity contribution in [3.05, 3.63) is 94.3 Å². The van der Waals surface area contributed by atoms with E-state index >= 15 is 0 Å². The van der Waals surface area contributed by atoms with Crippen LogP contribution in [0.3, 0.4) is 0 Å². The van der Waals surface area contributed by atoms with Crippen molar-refractivity contribution < 1.29 is 4.79 Å². The lowest BCUT2D eigenvalue weighted by Gasteiger charge is -2.22. The number of nitrogens with zero attached hydrogens (tertiary/aromatic N) is 3. The summed E-state index contributed by atoms with van der Waals surface area (Å²) in [7, 11) is 0. The highest BCUT2D eigenvalue weighted by atomic mass is 32.2. The Morgan fingerprint density at radius 1 is 1.00 bits per heavy atom. The molecular formula is C26H23N3O2S. The molecule has 0 N–H and O–H groups in total. The van der Waals surface area contributed by atoms with E-state index in [1.807, 2.05) is 79.4 Å². The van der Waals surface area contributed by atoms with Gasteiger partial charge in [0.1, 0.15) is 0 Å². The first-order chi connectivity index (χ1) is 15.5. The molecule has 0 spiro atoms. The van der Waals surface area contributed by atoms with Gasteiger partial charge in [0.05, 0.1) is 21.8 Å². The highest BCUT2D eigenvalue weighted by Gasteiger charge is 2.29. The molecule has 32 heavy (non-hydrogen) atoms. The summed E-state index contributed by atoms with van der Waals surface area (Å²) in [6.07, 6.45) is 0.863. The zero-order chi connectivity index (χ0) is 22.2. The van der Waals surface area contributed by atoms with E-state index in [4.69, 9.17) is 4.98 Å². The standard InChI is InChI=1S/C26H23N3O2S/c1-17-11-13-20(14-12-17)29-25(31)21-8-4-5-9-22(21)27-26(29)32-18(2)24(30)28-16-15-19-7-3-6-10-23(19)28/h3-14,18H,15-16H2,1-2H3/t18-/m0/s1. The molecule has 160 valence electrons. The summed E-state index contributed by atoms with van der Waals surface area (Å²) in [4.78, 5) is 33.4. The van der Waals surface area contributed by atoms with Gasteiger partial charge in [0.25, 0.3) is 5.56 Å². The van der Waals surface area contributed by atoms with E-state index in [0.29, 0.717) is 22.6 Å². The molecule has 4 aromatic rings. The van der Waals surface area contributed by atoms with Crippen molar-refractivity contribution in [2.24, 2.45) is 0 Å². The molecule has 5 nitrogen and oxygen atoms in total. The van der Waals surface area contributed by atoms with Gasteiger partial charge in [0.2, 0.25) is 5.91 Å². The van der Waals surface area contributed by atoms with Crippen LogP contribution in [0.2, 0.25) is 0 Å². The zero-order valence-electron chi connectivity index (χ0n) is 18.0. The maximum Gasteiger partial charge on any atom is 0.266 e. The van der Waals surface area contributed by atoms with Gasteiger partial charge in [-0.25, -0.2) is 4.98 Å². The average Bonchev–Trinajstić information content (AvgIpc) is 3.24. The first-order valence-electron chi connectivity index (χ1n) is 10.7. The lowest BCUT2D eigenvalue weighted by Crippen LogP contribution is -2.35. The number of anilines is 1. The number of fused-ring (bicyclic) bond motifs is 2. The Kier molecular flexibility index (Phi) is 5.31. The minimum absolute atomic E-state index is 0.0258. The van der Waals surface area contributed by atoms with Crippen LogP contribution in [0.5, 0.6) is 0 Å². The number of benzene rings is 3. The number of carbonyl (C=O) groups is 1. The van der Waals surface area contributed by atoms with Gasteiger partial charge in [-0.2, -0.15) is 0 Å². The Hall–Kier alpha value is -3.38. The Labute approximate surface area is 190 Å². The van der Waals surface area contributed by atoms with Gasteiger partial charge in [-0.3, -0.25) is 14.2 Å².